The zero-order valence-corrected chi connectivity index (χ0v) is 10.6. The summed E-state index contributed by atoms with van der Waals surface area (Å²) in [5.74, 6) is 0.383. The van der Waals surface area contributed by atoms with Crippen LogP contribution in [0.25, 0.3) is 0 Å². The van der Waals surface area contributed by atoms with Crippen molar-refractivity contribution in [2.75, 3.05) is 7.11 Å². The third-order valence-corrected chi connectivity index (χ3v) is 3.05. The van der Waals surface area contributed by atoms with Gasteiger partial charge in [0.2, 0.25) is 0 Å². The van der Waals surface area contributed by atoms with Crippen molar-refractivity contribution in [2.24, 2.45) is 11.7 Å². The molecule has 102 valence electrons. The second-order valence-corrected chi connectivity index (χ2v) is 4.31. The summed E-state index contributed by atoms with van der Waals surface area (Å²) in [4.78, 5) is 0. The first-order valence-corrected chi connectivity index (χ1v) is 5.44. The van der Waals surface area contributed by atoms with Crippen molar-refractivity contribution < 1.29 is 17.9 Å². The summed E-state index contributed by atoms with van der Waals surface area (Å²) in [7, 11) is 1.34. The third kappa shape index (κ3) is 3.09. The summed E-state index contributed by atoms with van der Waals surface area (Å²) in [6, 6.07) is 3.42. The molecule has 0 spiro atoms. The van der Waals surface area contributed by atoms with E-state index in [1.807, 2.05) is 0 Å². The molecule has 1 aromatic rings. The number of halogens is 4. The molecule has 0 aromatic heterocycles. The zero-order valence-electron chi connectivity index (χ0n) is 9.83. The van der Waals surface area contributed by atoms with Crippen molar-refractivity contribution >= 4 is 12.4 Å². The number of rotatable bonds is 3. The molecule has 1 aliphatic carbocycles. The Hall–Kier alpha value is -0.940. The van der Waals surface area contributed by atoms with Gasteiger partial charge in [-0.3, -0.25) is 0 Å². The molecular weight excluding hydrogens is 267 g/mol. The highest BCUT2D eigenvalue weighted by Crippen LogP contribution is 2.44. The Morgan fingerprint density at radius 1 is 1.33 bits per heavy atom. The Bertz CT molecular complexity index is 418. The van der Waals surface area contributed by atoms with E-state index in [1.165, 1.54) is 19.2 Å². The lowest BCUT2D eigenvalue weighted by molar-refractivity contribution is -0.138. The van der Waals surface area contributed by atoms with E-state index in [9.17, 15) is 13.2 Å². The van der Waals surface area contributed by atoms with Gasteiger partial charge in [0.25, 0.3) is 0 Å². The maximum atomic E-state index is 12.9. The van der Waals surface area contributed by atoms with Crippen LogP contribution in [-0.2, 0) is 6.18 Å². The van der Waals surface area contributed by atoms with Crippen LogP contribution < -0.4 is 10.5 Å². The molecule has 2 nitrogen and oxygen atoms in total. The van der Waals surface area contributed by atoms with Crippen LogP contribution in [0.4, 0.5) is 13.2 Å². The largest absolute Gasteiger partial charge is 0.497 e. The Balaban J connectivity index is 0.00000162. The van der Waals surface area contributed by atoms with Crippen molar-refractivity contribution in [2.45, 2.75) is 25.1 Å². The molecule has 0 unspecified atom stereocenters. The highest BCUT2D eigenvalue weighted by Gasteiger charge is 2.38. The summed E-state index contributed by atoms with van der Waals surface area (Å²) in [6.07, 6.45) is -2.58. The molecule has 18 heavy (non-hydrogen) atoms. The average molecular weight is 282 g/mol. The van der Waals surface area contributed by atoms with E-state index in [-0.39, 0.29) is 29.6 Å². The average Bonchev–Trinajstić information content (AvgIpc) is 3.10. The molecule has 1 fully saturated rings. The number of benzene rings is 1. The van der Waals surface area contributed by atoms with Crippen LogP contribution in [0.2, 0.25) is 0 Å². The van der Waals surface area contributed by atoms with Gasteiger partial charge in [-0.15, -0.1) is 12.4 Å². The lowest BCUT2D eigenvalue weighted by Crippen LogP contribution is -2.19. The van der Waals surface area contributed by atoms with Crippen molar-refractivity contribution in [3.05, 3.63) is 29.3 Å². The highest BCUT2D eigenvalue weighted by atomic mass is 35.5. The molecular formula is C12H15ClF3NO. The van der Waals surface area contributed by atoms with Crippen molar-refractivity contribution in [1.29, 1.82) is 0 Å². The van der Waals surface area contributed by atoms with Crippen molar-refractivity contribution in [3.63, 3.8) is 0 Å². The first-order valence-electron chi connectivity index (χ1n) is 5.44. The van der Waals surface area contributed by atoms with E-state index in [1.54, 1.807) is 0 Å². The SMILES string of the molecule is COc1ccc([C@@H](N)C2CC2)c(C(F)(F)F)c1.Cl. The molecule has 1 aliphatic rings. The molecule has 6 heteroatoms. The second kappa shape index (κ2) is 5.36. The topological polar surface area (TPSA) is 35.2 Å². The zero-order chi connectivity index (χ0) is 12.6. The molecule has 0 heterocycles. The summed E-state index contributed by atoms with van der Waals surface area (Å²) in [5, 5.41) is 0. The number of hydrogen-bond donors (Lipinski definition) is 1. The molecule has 0 bridgehead atoms. The number of alkyl halides is 3. The summed E-state index contributed by atoms with van der Waals surface area (Å²) < 4.78 is 43.5. The molecule has 2 rings (SSSR count). The maximum absolute atomic E-state index is 12.9. The lowest BCUT2D eigenvalue weighted by atomic mass is 9.97. The predicted molar refractivity (Wildman–Crippen MR) is 64.9 cm³/mol. The van der Waals surface area contributed by atoms with E-state index >= 15 is 0 Å². The Kier molecular flexibility index (Phi) is 4.50. The van der Waals surface area contributed by atoms with E-state index in [0.717, 1.165) is 18.9 Å². The maximum Gasteiger partial charge on any atom is 0.416 e. The van der Waals surface area contributed by atoms with Gasteiger partial charge in [-0.1, -0.05) is 6.07 Å². The van der Waals surface area contributed by atoms with Crippen LogP contribution in [0.5, 0.6) is 5.75 Å². The summed E-state index contributed by atoms with van der Waals surface area (Å²) in [5.41, 5.74) is 5.33. The number of ether oxygens (including phenoxy) is 1. The van der Waals surface area contributed by atoms with Gasteiger partial charge in [-0.25, -0.2) is 0 Å². The second-order valence-electron chi connectivity index (χ2n) is 4.31. The molecule has 0 radical (unpaired) electrons. The Morgan fingerprint density at radius 3 is 2.39 bits per heavy atom. The van der Waals surface area contributed by atoms with Crippen LogP contribution >= 0.6 is 12.4 Å². The smallest absolute Gasteiger partial charge is 0.416 e. The van der Waals surface area contributed by atoms with Crippen LogP contribution in [0.1, 0.15) is 30.0 Å². The molecule has 0 saturated heterocycles. The molecule has 1 atom stereocenters. The van der Waals surface area contributed by atoms with Gasteiger partial charge in [-0.2, -0.15) is 13.2 Å². The van der Waals surface area contributed by atoms with E-state index in [0.29, 0.717) is 0 Å². The lowest BCUT2D eigenvalue weighted by Gasteiger charge is -2.18. The van der Waals surface area contributed by atoms with Gasteiger partial charge >= 0.3 is 6.18 Å². The van der Waals surface area contributed by atoms with Gasteiger partial charge in [0.15, 0.2) is 0 Å². The van der Waals surface area contributed by atoms with E-state index in [2.05, 4.69) is 0 Å². The van der Waals surface area contributed by atoms with Crippen LogP contribution in [0.3, 0.4) is 0 Å². The third-order valence-electron chi connectivity index (χ3n) is 3.05. The molecule has 1 aromatic carbocycles. The Labute approximate surface area is 110 Å². The first kappa shape index (κ1) is 15.1. The number of hydrogen-bond acceptors (Lipinski definition) is 2. The van der Waals surface area contributed by atoms with E-state index < -0.39 is 17.8 Å². The quantitative estimate of drug-likeness (QED) is 0.920. The molecule has 0 aliphatic heterocycles. The van der Waals surface area contributed by atoms with Gasteiger partial charge in [0.1, 0.15) is 5.75 Å². The minimum absolute atomic E-state index is 0. The molecule has 1 saturated carbocycles. The highest BCUT2D eigenvalue weighted by molar-refractivity contribution is 5.85. The minimum Gasteiger partial charge on any atom is -0.497 e. The van der Waals surface area contributed by atoms with Crippen LogP contribution in [0, 0.1) is 5.92 Å². The number of methoxy groups -OCH3 is 1. The summed E-state index contributed by atoms with van der Waals surface area (Å²) >= 11 is 0. The van der Waals surface area contributed by atoms with Crippen LogP contribution in [0.15, 0.2) is 18.2 Å². The van der Waals surface area contributed by atoms with Crippen LogP contribution in [-0.4, -0.2) is 7.11 Å². The minimum atomic E-state index is -4.39. The van der Waals surface area contributed by atoms with Gasteiger partial charge in [-0.05, 0) is 36.5 Å². The van der Waals surface area contributed by atoms with Crippen molar-refractivity contribution in [3.8, 4) is 5.75 Å². The standard InChI is InChI=1S/C12H14F3NO.ClH/c1-17-8-4-5-9(11(16)7-2-3-7)10(6-8)12(13,14)15;/h4-7,11H,2-3,16H2,1H3;1H/t11-;/m0./s1. The fourth-order valence-electron chi connectivity index (χ4n) is 1.91. The number of nitrogens with two attached hydrogens (primary N) is 1. The van der Waals surface area contributed by atoms with Gasteiger partial charge in [0.05, 0.1) is 12.7 Å². The first-order chi connectivity index (χ1) is 7.93. The fraction of sp³-hybridized carbons (Fsp3) is 0.500. The van der Waals surface area contributed by atoms with Crippen molar-refractivity contribution in [1.82, 2.24) is 0 Å². The fourth-order valence-corrected chi connectivity index (χ4v) is 1.91. The molecule has 2 N–H and O–H groups in total. The Morgan fingerprint density at radius 2 is 1.94 bits per heavy atom. The van der Waals surface area contributed by atoms with Gasteiger partial charge in [0, 0.05) is 6.04 Å². The van der Waals surface area contributed by atoms with Gasteiger partial charge < -0.3 is 10.5 Å². The summed E-state index contributed by atoms with van der Waals surface area (Å²) in [6.45, 7) is 0. The molecule has 0 amide bonds. The van der Waals surface area contributed by atoms with E-state index in [4.69, 9.17) is 10.5 Å². The predicted octanol–water partition coefficient (Wildman–Crippen LogP) is 3.55. The normalized spacial score (nSPS) is 16.9. The monoisotopic (exact) mass is 281 g/mol.